The molecule has 3 aromatic rings. The van der Waals surface area contributed by atoms with Crippen LogP contribution in [0, 0.1) is 17.5 Å². The monoisotopic (exact) mass is 413 g/mol. The van der Waals surface area contributed by atoms with E-state index >= 15 is 0 Å². The van der Waals surface area contributed by atoms with Crippen LogP contribution in [0.1, 0.15) is 0 Å². The van der Waals surface area contributed by atoms with Crippen LogP contribution in [-0.2, 0) is 10.0 Å². The normalized spacial score (nSPS) is 16.2. The van der Waals surface area contributed by atoms with Crippen molar-refractivity contribution in [3.8, 4) is 0 Å². The molecule has 1 aliphatic heterocycles. The Bertz CT molecular complexity index is 1090. The van der Waals surface area contributed by atoms with Crippen LogP contribution in [-0.4, -0.2) is 43.9 Å². The topological polar surface area (TPSA) is 53.5 Å². The minimum atomic E-state index is -3.71. The van der Waals surface area contributed by atoms with Gasteiger partial charge in [-0.05, 0) is 30.3 Å². The molecule has 10 heteroatoms. The molecule has 0 aliphatic carbocycles. The van der Waals surface area contributed by atoms with Crippen molar-refractivity contribution in [3.63, 3.8) is 0 Å². The molecule has 2 aromatic carbocycles. The number of fused-ring (bicyclic) bond motifs is 1. The molecule has 1 fully saturated rings. The van der Waals surface area contributed by atoms with Gasteiger partial charge in [0.15, 0.2) is 10.9 Å². The average molecular weight is 413 g/mol. The number of hydrogen-bond donors (Lipinski definition) is 0. The first-order valence-electron chi connectivity index (χ1n) is 8.11. The van der Waals surface area contributed by atoms with Gasteiger partial charge in [-0.3, -0.25) is 0 Å². The zero-order valence-electron chi connectivity index (χ0n) is 13.9. The van der Waals surface area contributed by atoms with E-state index < -0.39 is 27.5 Å². The number of anilines is 1. The number of thiazole rings is 1. The SMILES string of the molecule is O=S(=O)(c1ccc(F)cc1)N1CCN(c2nc3c(F)cc(F)cc3s2)CC1. The highest BCUT2D eigenvalue weighted by atomic mass is 32.2. The summed E-state index contributed by atoms with van der Waals surface area (Å²) in [6, 6.07) is 6.72. The molecule has 2 heterocycles. The molecule has 1 saturated heterocycles. The van der Waals surface area contributed by atoms with Crippen LogP contribution in [0.5, 0.6) is 0 Å². The molecule has 5 nitrogen and oxygen atoms in total. The second-order valence-electron chi connectivity index (χ2n) is 6.08. The Balaban J connectivity index is 1.52. The summed E-state index contributed by atoms with van der Waals surface area (Å²) in [7, 11) is -3.71. The summed E-state index contributed by atoms with van der Waals surface area (Å²) in [6.45, 7) is 1.16. The van der Waals surface area contributed by atoms with Gasteiger partial charge in [0, 0.05) is 32.2 Å². The molecule has 0 bridgehead atoms. The zero-order chi connectivity index (χ0) is 19.2. The molecule has 0 saturated carbocycles. The van der Waals surface area contributed by atoms with Gasteiger partial charge >= 0.3 is 0 Å². The van der Waals surface area contributed by atoms with Crippen molar-refractivity contribution in [2.24, 2.45) is 0 Å². The first-order valence-corrected chi connectivity index (χ1v) is 10.4. The maximum atomic E-state index is 13.8. The number of aromatic nitrogens is 1. The summed E-state index contributed by atoms with van der Waals surface area (Å²) in [5.41, 5.74) is 0.109. The lowest BCUT2D eigenvalue weighted by atomic mass is 10.3. The lowest BCUT2D eigenvalue weighted by molar-refractivity contribution is 0.384. The van der Waals surface area contributed by atoms with E-state index in [4.69, 9.17) is 0 Å². The van der Waals surface area contributed by atoms with E-state index in [-0.39, 0.29) is 23.5 Å². The standard InChI is InChI=1S/C17H14F3N3O2S2/c18-11-1-3-13(4-2-11)27(24,25)23-7-5-22(6-8-23)17-21-16-14(20)9-12(19)10-15(16)26-17/h1-4,9-10H,5-8H2. The maximum Gasteiger partial charge on any atom is 0.243 e. The van der Waals surface area contributed by atoms with Crippen LogP contribution in [0.4, 0.5) is 18.3 Å². The van der Waals surface area contributed by atoms with Crippen molar-refractivity contribution in [1.29, 1.82) is 0 Å². The van der Waals surface area contributed by atoms with E-state index in [1.165, 1.54) is 22.5 Å². The number of nitrogens with zero attached hydrogens (tertiary/aromatic N) is 3. The van der Waals surface area contributed by atoms with Gasteiger partial charge in [0.1, 0.15) is 17.2 Å². The number of rotatable bonds is 3. The third-order valence-electron chi connectivity index (χ3n) is 4.36. The Labute approximate surface area is 157 Å². The molecule has 0 radical (unpaired) electrons. The third-order valence-corrected chi connectivity index (χ3v) is 7.34. The van der Waals surface area contributed by atoms with Gasteiger partial charge in [-0.15, -0.1) is 0 Å². The van der Waals surface area contributed by atoms with Gasteiger partial charge in [-0.1, -0.05) is 11.3 Å². The summed E-state index contributed by atoms with van der Waals surface area (Å²) in [5.74, 6) is -1.88. The molecule has 142 valence electrons. The highest BCUT2D eigenvalue weighted by Gasteiger charge is 2.29. The van der Waals surface area contributed by atoms with Gasteiger partial charge in [0.2, 0.25) is 10.0 Å². The van der Waals surface area contributed by atoms with Gasteiger partial charge in [0.25, 0.3) is 0 Å². The Hall–Kier alpha value is -2.17. The van der Waals surface area contributed by atoms with Crippen molar-refractivity contribution in [2.45, 2.75) is 4.90 Å². The molecule has 0 spiro atoms. The van der Waals surface area contributed by atoms with Crippen LogP contribution in [0.2, 0.25) is 0 Å². The summed E-state index contributed by atoms with van der Waals surface area (Å²) < 4.78 is 67.2. The number of sulfonamides is 1. The molecule has 1 aromatic heterocycles. The number of benzene rings is 2. The number of piperazine rings is 1. The van der Waals surface area contributed by atoms with E-state index in [1.807, 2.05) is 4.90 Å². The molecule has 0 N–H and O–H groups in total. The van der Waals surface area contributed by atoms with Crippen molar-refractivity contribution in [3.05, 3.63) is 53.8 Å². The second-order valence-corrected chi connectivity index (χ2v) is 9.02. The number of halogens is 3. The predicted molar refractivity (Wildman–Crippen MR) is 96.9 cm³/mol. The summed E-state index contributed by atoms with van der Waals surface area (Å²) >= 11 is 1.16. The van der Waals surface area contributed by atoms with Crippen LogP contribution in [0.15, 0.2) is 41.3 Å². The highest BCUT2D eigenvalue weighted by Crippen LogP contribution is 2.32. The van der Waals surface area contributed by atoms with E-state index in [2.05, 4.69) is 4.98 Å². The smallest absolute Gasteiger partial charge is 0.243 e. The Morgan fingerprint density at radius 1 is 0.926 bits per heavy atom. The largest absolute Gasteiger partial charge is 0.345 e. The minimum Gasteiger partial charge on any atom is -0.345 e. The van der Waals surface area contributed by atoms with Crippen molar-refractivity contribution < 1.29 is 21.6 Å². The first kappa shape index (κ1) is 18.2. The first-order chi connectivity index (χ1) is 12.8. The Morgan fingerprint density at radius 3 is 2.26 bits per heavy atom. The van der Waals surface area contributed by atoms with E-state index in [1.54, 1.807) is 0 Å². The molecule has 1 aliphatic rings. The molecular formula is C17H14F3N3O2S2. The minimum absolute atomic E-state index is 0.0369. The van der Waals surface area contributed by atoms with Crippen LogP contribution < -0.4 is 4.90 Å². The summed E-state index contributed by atoms with van der Waals surface area (Å²) in [5, 5.41) is 0.522. The van der Waals surface area contributed by atoms with E-state index in [0.717, 1.165) is 29.5 Å². The molecule has 27 heavy (non-hydrogen) atoms. The van der Waals surface area contributed by atoms with E-state index in [9.17, 15) is 21.6 Å². The van der Waals surface area contributed by atoms with Gasteiger partial charge in [-0.2, -0.15) is 4.31 Å². The quantitative estimate of drug-likeness (QED) is 0.662. The highest BCUT2D eigenvalue weighted by molar-refractivity contribution is 7.89. The van der Waals surface area contributed by atoms with Gasteiger partial charge in [0.05, 0.1) is 9.60 Å². The molecule has 0 atom stereocenters. The van der Waals surface area contributed by atoms with Crippen molar-refractivity contribution in [2.75, 3.05) is 31.1 Å². The fourth-order valence-corrected chi connectivity index (χ4v) is 5.43. The second kappa shape index (κ2) is 6.77. The Kier molecular flexibility index (Phi) is 4.57. The van der Waals surface area contributed by atoms with Crippen LogP contribution in [0.25, 0.3) is 10.2 Å². The third kappa shape index (κ3) is 3.40. The molecular weight excluding hydrogens is 399 g/mol. The van der Waals surface area contributed by atoms with Gasteiger partial charge < -0.3 is 4.90 Å². The summed E-state index contributed by atoms with van der Waals surface area (Å²) in [6.07, 6.45) is 0. The molecule has 0 amide bonds. The number of hydrogen-bond acceptors (Lipinski definition) is 5. The Morgan fingerprint density at radius 2 is 1.59 bits per heavy atom. The summed E-state index contributed by atoms with van der Waals surface area (Å²) in [4.78, 5) is 6.11. The fraction of sp³-hybridized carbons (Fsp3) is 0.235. The fourth-order valence-electron chi connectivity index (χ4n) is 2.96. The van der Waals surface area contributed by atoms with Crippen LogP contribution >= 0.6 is 11.3 Å². The van der Waals surface area contributed by atoms with Crippen LogP contribution in [0.3, 0.4) is 0 Å². The van der Waals surface area contributed by atoms with Crippen molar-refractivity contribution in [1.82, 2.24) is 9.29 Å². The average Bonchev–Trinajstić information content (AvgIpc) is 3.06. The van der Waals surface area contributed by atoms with Gasteiger partial charge in [-0.25, -0.2) is 26.6 Å². The molecule has 0 unspecified atom stereocenters. The maximum absolute atomic E-state index is 13.8. The zero-order valence-corrected chi connectivity index (χ0v) is 15.5. The lowest BCUT2D eigenvalue weighted by Gasteiger charge is -2.33. The molecule has 4 rings (SSSR count). The van der Waals surface area contributed by atoms with E-state index in [0.29, 0.717) is 22.9 Å². The predicted octanol–water partition coefficient (Wildman–Crippen LogP) is 3.22. The lowest BCUT2D eigenvalue weighted by Crippen LogP contribution is -2.48. The van der Waals surface area contributed by atoms with Crippen molar-refractivity contribution >= 4 is 36.7 Å².